The Bertz CT molecular complexity index is 1050. The summed E-state index contributed by atoms with van der Waals surface area (Å²) >= 11 is 4.34. The number of nitriles is 1. The Balaban J connectivity index is 1.89. The van der Waals surface area contributed by atoms with Crippen LogP contribution in [0.1, 0.15) is 23.6 Å². The topological polar surface area (TPSA) is 79.6 Å². The van der Waals surface area contributed by atoms with Gasteiger partial charge in [-0.05, 0) is 54.1 Å². The van der Waals surface area contributed by atoms with E-state index in [0.29, 0.717) is 44.2 Å². The molecule has 0 aromatic heterocycles. The Morgan fingerprint density at radius 2 is 2.00 bits per heavy atom. The van der Waals surface area contributed by atoms with Crippen LogP contribution >= 0.6 is 27.7 Å². The van der Waals surface area contributed by atoms with E-state index in [2.05, 4.69) is 22.0 Å². The van der Waals surface area contributed by atoms with Crippen molar-refractivity contribution in [3.63, 3.8) is 0 Å². The minimum atomic E-state index is -0.396. The number of imide groups is 1. The number of halogens is 1. The first kappa shape index (κ1) is 21.0. The van der Waals surface area contributed by atoms with E-state index >= 15 is 0 Å². The lowest BCUT2D eigenvalue weighted by Crippen LogP contribution is -2.27. The van der Waals surface area contributed by atoms with E-state index in [1.165, 1.54) is 7.11 Å². The summed E-state index contributed by atoms with van der Waals surface area (Å²) in [6.45, 7) is 2.42. The predicted molar refractivity (Wildman–Crippen MR) is 115 cm³/mol. The highest BCUT2D eigenvalue weighted by atomic mass is 79.9. The number of rotatable bonds is 6. The van der Waals surface area contributed by atoms with Crippen LogP contribution in [-0.4, -0.2) is 29.8 Å². The number of ether oxygens (including phenoxy) is 2. The van der Waals surface area contributed by atoms with Crippen molar-refractivity contribution in [3.8, 4) is 17.6 Å². The van der Waals surface area contributed by atoms with Gasteiger partial charge >= 0.3 is 0 Å². The SMILES string of the molecule is CCOc1cc(Br)c(/C=C2\SC(=O)N(Cc3ccccc3C#N)C2=O)cc1OC. The van der Waals surface area contributed by atoms with E-state index in [9.17, 15) is 14.9 Å². The molecule has 2 aromatic carbocycles. The zero-order chi connectivity index (χ0) is 21.0. The van der Waals surface area contributed by atoms with Crippen LogP contribution in [0.3, 0.4) is 0 Å². The van der Waals surface area contributed by atoms with Crippen LogP contribution in [0.4, 0.5) is 4.79 Å². The van der Waals surface area contributed by atoms with E-state index in [1.54, 1.807) is 42.5 Å². The Kier molecular flexibility index (Phi) is 6.62. The van der Waals surface area contributed by atoms with Crippen molar-refractivity contribution in [1.29, 1.82) is 5.26 Å². The first-order valence-corrected chi connectivity index (χ1v) is 10.3. The lowest BCUT2D eigenvalue weighted by molar-refractivity contribution is -0.123. The molecule has 29 heavy (non-hydrogen) atoms. The van der Waals surface area contributed by atoms with E-state index in [-0.39, 0.29) is 11.8 Å². The van der Waals surface area contributed by atoms with Gasteiger partial charge in [-0.1, -0.05) is 34.1 Å². The lowest BCUT2D eigenvalue weighted by Gasteiger charge is -2.13. The molecule has 1 saturated heterocycles. The number of hydrogen-bond donors (Lipinski definition) is 0. The van der Waals surface area contributed by atoms with Crippen molar-refractivity contribution in [2.24, 2.45) is 0 Å². The summed E-state index contributed by atoms with van der Waals surface area (Å²) in [6.07, 6.45) is 1.64. The largest absolute Gasteiger partial charge is 0.493 e. The van der Waals surface area contributed by atoms with Gasteiger partial charge in [-0.25, -0.2) is 0 Å². The van der Waals surface area contributed by atoms with Crippen LogP contribution in [0.2, 0.25) is 0 Å². The molecule has 0 aliphatic carbocycles. The summed E-state index contributed by atoms with van der Waals surface area (Å²) in [7, 11) is 1.54. The molecule has 148 valence electrons. The van der Waals surface area contributed by atoms with Gasteiger partial charge in [-0.2, -0.15) is 5.26 Å². The fourth-order valence-corrected chi connectivity index (χ4v) is 4.07. The second-order valence-corrected chi connectivity index (χ2v) is 7.84. The Labute approximate surface area is 181 Å². The Hall–Kier alpha value is -2.76. The van der Waals surface area contributed by atoms with Crippen LogP contribution in [0.15, 0.2) is 45.8 Å². The van der Waals surface area contributed by atoms with E-state index < -0.39 is 5.91 Å². The van der Waals surface area contributed by atoms with Gasteiger partial charge in [-0.3, -0.25) is 14.5 Å². The maximum Gasteiger partial charge on any atom is 0.293 e. The molecular formula is C21H17BrN2O4S. The normalized spacial score (nSPS) is 15.0. The number of benzene rings is 2. The first-order chi connectivity index (χ1) is 14.0. The predicted octanol–water partition coefficient (Wildman–Crippen LogP) is 4.96. The molecule has 0 saturated carbocycles. The Morgan fingerprint density at radius 1 is 1.24 bits per heavy atom. The fraction of sp³-hybridized carbons (Fsp3) is 0.190. The molecule has 0 unspecified atom stereocenters. The smallest absolute Gasteiger partial charge is 0.293 e. The molecule has 1 heterocycles. The highest BCUT2D eigenvalue weighted by Gasteiger charge is 2.35. The average Bonchev–Trinajstić information content (AvgIpc) is 2.98. The molecule has 1 aliphatic heterocycles. The van der Waals surface area contributed by atoms with Crippen molar-refractivity contribution in [3.05, 3.63) is 62.5 Å². The van der Waals surface area contributed by atoms with Crippen molar-refractivity contribution in [2.75, 3.05) is 13.7 Å². The van der Waals surface area contributed by atoms with Gasteiger partial charge in [0.15, 0.2) is 11.5 Å². The van der Waals surface area contributed by atoms with Gasteiger partial charge in [0.25, 0.3) is 11.1 Å². The standard InChI is InChI=1S/C21H17BrN2O4S/c1-3-28-18-10-16(22)15(8-17(18)27-2)9-19-20(25)24(21(26)29-19)12-14-7-5-4-6-13(14)11-23/h4-10H,3,12H2,1-2H3/b19-9-. The third-order valence-corrected chi connectivity index (χ3v) is 5.80. The van der Waals surface area contributed by atoms with E-state index in [0.717, 1.165) is 16.7 Å². The van der Waals surface area contributed by atoms with Crippen LogP contribution in [0, 0.1) is 11.3 Å². The lowest BCUT2D eigenvalue weighted by atomic mass is 10.1. The number of carbonyl (C=O) groups is 2. The first-order valence-electron chi connectivity index (χ1n) is 8.72. The molecular weight excluding hydrogens is 456 g/mol. The van der Waals surface area contributed by atoms with Gasteiger partial charge in [0, 0.05) is 4.47 Å². The number of thioether (sulfide) groups is 1. The highest BCUT2D eigenvalue weighted by molar-refractivity contribution is 9.10. The summed E-state index contributed by atoms with van der Waals surface area (Å²) < 4.78 is 11.6. The molecule has 2 amide bonds. The van der Waals surface area contributed by atoms with Crippen molar-refractivity contribution < 1.29 is 19.1 Å². The number of amides is 2. The van der Waals surface area contributed by atoms with Gasteiger partial charge in [0.05, 0.1) is 36.8 Å². The molecule has 0 atom stereocenters. The maximum atomic E-state index is 12.8. The number of methoxy groups -OCH3 is 1. The molecule has 6 nitrogen and oxygen atoms in total. The van der Waals surface area contributed by atoms with E-state index in [4.69, 9.17) is 9.47 Å². The second-order valence-electron chi connectivity index (χ2n) is 5.99. The van der Waals surface area contributed by atoms with Gasteiger partial charge in [0.2, 0.25) is 0 Å². The second kappa shape index (κ2) is 9.16. The number of carbonyl (C=O) groups excluding carboxylic acids is 2. The monoisotopic (exact) mass is 472 g/mol. The molecule has 8 heteroatoms. The maximum absolute atomic E-state index is 12.8. The minimum Gasteiger partial charge on any atom is -0.493 e. The zero-order valence-electron chi connectivity index (χ0n) is 15.8. The Morgan fingerprint density at radius 3 is 2.69 bits per heavy atom. The summed E-state index contributed by atoms with van der Waals surface area (Å²) in [5, 5.41) is 8.86. The summed E-state index contributed by atoms with van der Waals surface area (Å²) in [5.74, 6) is 0.719. The van der Waals surface area contributed by atoms with Gasteiger partial charge in [-0.15, -0.1) is 0 Å². The highest BCUT2D eigenvalue weighted by Crippen LogP contribution is 2.38. The third kappa shape index (κ3) is 4.47. The van der Waals surface area contributed by atoms with Crippen LogP contribution < -0.4 is 9.47 Å². The molecule has 0 radical (unpaired) electrons. The number of hydrogen-bond acceptors (Lipinski definition) is 6. The third-order valence-electron chi connectivity index (χ3n) is 4.21. The van der Waals surface area contributed by atoms with Crippen molar-refractivity contribution in [2.45, 2.75) is 13.5 Å². The van der Waals surface area contributed by atoms with Crippen molar-refractivity contribution >= 4 is 44.9 Å². The average molecular weight is 473 g/mol. The molecule has 0 N–H and O–H groups in total. The fourth-order valence-electron chi connectivity index (χ4n) is 2.80. The van der Waals surface area contributed by atoms with Gasteiger partial charge in [0.1, 0.15) is 0 Å². The van der Waals surface area contributed by atoms with Crippen LogP contribution in [0.5, 0.6) is 11.5 Å². The summed E-state index contributed by atoms with van der Waals surface area (Å²) in [4.78, 5) is 26.7. The molecule has 2 aromatic rings. The van der Waals surface area contributed by atoms with Crippen LogP contribution in [0.25, 0.3) is 6.08 Å². The number of nitrogens with zero attached hydrogens (tertiary/aromatic N) is 2. The molecule has 0 spiro atoms. The van der Waals surface area contributed by atoms with Crippen LogP contribution in [-0.2, 0) is 11.3 Å². The van der Waals surface area contributed by atoms with Gasteiger partial charge < -0.3 is 9.47 Å². The summed E-state index contributed by atoms with van der Waals surface area (Å²) in [6, 6.07) is 12.5. The molecule has 1 aliphatic rings. The van der Waals surface area contributed by atoms with Crippen molar-refractivity contribution in [1.82, 2.24) is 4.90 Å². The summed E-state index contributed by atoms with van der Waals surface area (Å²) in [5.41, 5.74) is 1.75. The minimum absolute atomic E-state index is 0.0551. The zero-order valence-corrected chi connectivity index (χ0v) is 18.2. The van der Waals surface area contributed by atoms with E-state index in [1.807, 2.05) is 6.92 Å². The molecule has 1 fully saturated rings. The quantitative estimate of drug-likeness (QED) is 0.552. The molecule has 3 rings (SSSR count). The molecule has 0 bridgehead atoms.